The van der Waals surface area contributed by atoms with Gasteiger partial charge in [-0.1, -0.05) is 0 Å². The predicted molar refractivity (Wildman–Crippen MR) is 75.9 cm³/mol. The van der Waals surface area contributed by atoms with Crippen molar-refractivity contribution in [3.8, 4) is 0 Å². The monoisotopic (exact) mass is 299 g/mol. The number of ether oxygens (including phenoxy) is 2. The van der Waals surface area contributed by atoms with Crippen molar-refractivity contribution in [3.05, 3.63) is 0 Å². The molecule has 2 atom stereocenters. The lowest BCUT2D eigenvalue weighted by Crippen LogP contribution is -2.46. The Morgan fingerprint density at radius 1 is 1.29 bits per heavy atom. The molecule has 120 valence electrons. The molecular weight excluding hydrogens is 274 g/mol. The van der Waals surface area contributed by atoms with Crippen molar-refractivity contribution in [1.82, 2.24) is 5.32 Å². The molecule has 0 bridgehead atoms. The molecule has 0 spiro atoms. The lowest BCUT2D eigenvalue weighted by atomic mass is 9.80. The minimum atomic E-state index is -0.869. The molecule has 2 fully saturated rings. The van der Waals surface area contributed by atoms with E-state index in [0.29, 0.717) is 38.9 Å². The summed E-state index contributed by atoms with van der Waals surface area (Å²) < 4.78 is 10.9. The molecule has 2 heterocycles. The van der Waals surface area contributed by atoms with Crippen molar-refractivity contribution in [2.75, 3.05) is 19.8 Å². The topological polar surface area (TPSA) is 84.9 Å². The van der Waals surface area contributed by atoms with Gasteiger partial charge in [-0.25, -0.2) is 0 Å². The molecule has 0 aromatic heterocycles. The van der Waals surface area contributed by atoms with Gasteiger partial charge >= 0.3 is 5.97 Å². The van der Waals surface area contributed by atoms with Crippen molar-refractivity contribution in [3.63, 3.8) is 0 Å². The van der Waals surface area contributed by atoms with E-state index in [1.54, 1.807) is 0 Å². The third kappa shape index (κ3) is 4.41. The zero-order valence-corrected chi connectivity index (χ0v) is 12.6. The van der Waals surface area contributed by atoms with Gasteiger partial charge in [0.1, 0.15) is 0 Å². The van der Waals surface area contributed by atoms with Gasteiger partial charge in [0.15, 0.2) is 0 Å². The van der Waals surface area contributed by atoms with E-state index in [2.05, 4.69) is 5.32 Å². The van der Waals surface area contributed by atoms with E-state index in [9.17, 15) is 14.7 Å². The van der Waals surface area contributed by atoms with Crippen molar-refractivity contribution in [2.24, 2.45) is 5.41 Å². The molecule has 6 heteroatoms. The van der Waals surface area contributed by atoms with Crippen LogP contribution in [0.2, 0.25) is 0 Å². The number of nitrogens with one attached hydrogen (secondary N) is 1. The molecule has 2 aliphatic heterocycles. The quantitative estimate of drug-likeness (QED) is 0.773. The highest BCUT2D eigenvalue weighted by Crippen LogP contribution is 2.30. The van der Waals surface area contributed by atoms with Crippen LogP contribution in [0.4, 0.5) is 0 Å². The molecule has 6 nitrogen and oxygen atoms in total. The van der Waals surface area contributed by atoms with Crippen molar-refractivity contribution < 1.29 is 24.2 Å². The molecule has 2 unspecified atom stereocenters. The molecule has 2 aliphatic rings. The number of hydrogen-bond acceptors (Lipinski definition) is 4. The van der Waals surface area contributed by atoms with Crippen molar-refractivity contribution in [2.45, 2.75) is 57.7 Å². The fourth-order valence-electron chi connectivity index (χ4n) is 2.97. The molecule has 0 saturated carbocycles. The zero-order chi connectivity index (χ0) is 15.3. The molecule has 21 heavy (non-hydrogen) atoms. The fourth-order valence-corrected chi connectivity index (χ4v) is 2.97. The first-order valence-electron chi connectivity index (χ1n) is 7.75. The number of carboxylic acid groups (broad SMARTS) is 1. The van der Waals surface area contributed by atoms with Gasteiger partial charge < -0.3 is 19.9 Å². The molecule has 0 radical (unpaired) electrons. The Balaban J connectivity index is 1.73. The Labute approximate surface area is 125 Å². The van der Waals surface area contributed by atoms with Gasteiger partial charge in [0, 0.05) is 26.2 Å². The normalized spacial score (nSPS) is 28.2. The molecule has 0 aromatic rings. The van der Waals surface area contributed by atoms with Crippen LogP contribution in [-0.2, 0) is 19.1 Å². The van der Waals surface area contributed by atoms with Gasteiger partial charge in [0.05, 0.1) is 17.6 Å². The van der Waals surface area contributed by atoms with Crippen LogP contribution in [0.25, 0.3) is 0 Å². The lowest BCUT2D eigenvalue weighted by Gasteiger charge is -2.33. The summed E-state index contributed by atoms with van der Waals surface area (Å²) in [7, 11) is 0. The number of carbonyl (C=O) groups excluding carboxylic acids is 1. The average molecular weight is 299 g/mol. The Hall–Kier alpha value is -1.14. The molecule has 2 rings (SSSR count). The van der Waals surface area contributed by atoms with Crippen LogP contribution in [-0.4, -0.2) is 48.9 Å². The first kappa shape index (κ1) is 16.2. The highest BCUT2D eigenvalue weighted by molar-refractivity contribution is 5.79. The first-order valence-corrected chi connectivity index (χ1v) is 7.75. The molecule has 2 N–H and O–H groups in total. The van der Waals surface area contributed by atoms with E-state index in [4.69, 9.17) is 9.47 Å². The smallest absolute Gasteiger partial charge is 0.311 e. The van der Waals surface area contributed by atoms with Crippen LogP contribution >= 0.6 is 0 Å². The summed E-state index contributed by atoms with van der Waals surface area (Å²) in [5.41, 5.74) is -0.869. The predicted octanol–water partition coefficient (Wildman–Crippen LogP) is 1.33. The van der Waals surface area contributed by atoms with Gasteiger partial charge in [-0.05, 0) is 39.0 Å². The Bertz CT molecular complexity index is 378. The van der Waals surface area contributed by atoms with E-state index in [-0.39, 0.29) is 24.7 Å². The van der Waals surface area contributed by atoms with Gasteiger partial charge in [0.25, 0.3) is 0 Å². The Morgan fingerprint density at radius 2 is 2.00 bits per heavy atom. The summed E-state index contributed by atoms with van der Waals surface area (Å²) in [5, 5.41) is 12.2. The number of rotatable bonds is 6. The number of carbonyl (C=O) groups is 2. The maximum Gasteiger partial charge on any atom is 0.311 e. The Morgan fingerprint density at radius 3 is 2.57 bits per heavy atom. The van der Waals surface area contributed by atoms with Gasteiger partial charge in [-0.2, -0.15) is 0 Å². The molecule has 0 aliphatic carbocycles. The SMILES string of the molecule is CC1CCC(CCC(=O)NCC2(C(=O)O)CCOCC2)O1. The number of aliphatic carboxylic acids is 1. The minimum absolute atomic E-state index is 0.0923. The van der Waals surface area contributed by atoms with Crippen LogP contribution in [0.3, 0.4) is 0 Å². The van der Waals surface area contributed by atoms with Gasteiger partial charge in [-0.15, -0.1) is 0 Å². The summed E-state index contributed by atoms with van der Waals surface area (Å²) in [6.45, 7) is 3.11. The summed E-state index contributed by atoms with van der Waals surface area (Å²) in [6, 6.07) is 0. The third-order valence-electron chi connectivity index (χ3n) is 4.54. The first-order chi connectivity index (χ1) is 10.0. The van der Waals surface area contributed by atoms with E-state index in [1.165, 1.54) is 0 Å². The molecule has 2 saturated heterocycles. The largest absolute Gasteiger partial charge is 0.481 e. The van der Waals surface area contributed by atoms with Gasteiger partial charge in [-0.3, -0.25) is 9.59 Å². The van der Waals surface area contributed by atoms with Gasteiger partial charge in [0.2, 0.25) is 5.91 Å². The van der Waals surface area contributed by atoms with E-state index >= 15 is 0 Å². The number of amides is 1. The summed E-state index contributed by atoms with van der Waals surface area (Å²) in [5.74, 6) is -0.940. The number of hydrogen-bond donors (Lipinski definition) is 2. The zero-order valence-electron chi connectivity index (χ0n) is 12.6. The van der Waals surface area contributed by atoms with E-state index in [1.807, 2.05) is 6.92 Å². The van der Waals surface area contributed by atoms with Crippen LogP contribution in [0.15, 0.2) is 0 Å². The highest BCUT2D eigenvalue weighted by atomic mass is 16.5. The van der Waals surface area contributed by atoms with E-state index in [0.717, 1.165) is 12.8 Å². The summed E-state index contributed by atoms with van der Waals surface area (Å²) >= 11 is 0. The average Bonchev–Trinajstić information content (AvgIpc) is 2.89. The minimum Gasteiger partial charge on any atom is -0.481 e. The standard InChI is InChI=1S/C15H25NO5/c1-11-2-3-12(21-11)4-5-13(17)16-10-15(14(18)19)6-8-20-9-7-15/h11-12H,2-10H2,1H3,(H,16,17)(H,18,19). The second kappa shape index (κ2) is 7.22. The lowest BCUT2D eigenvalue weighted by molar-refractivity contribution is -0.154. The van der Waals surface area contributed by atoms with Crippen molar-refractivity contribution >= 4 is 11.9 Å². The van der Waals surface area contributed by atoms with Crippen molar-refractivity contribution in [1.29, 1.82) is 0 Å². The van der Waals surface area contributed by atoms with E-state index < -0.39 is 11.4 Å². The number of carboxylic acids is 1. The fraction of sp³-hybridized carbons (Fsp3) is 0.867. The summed E-state index contributed by atoms with van der Waals surface area (Å²) in [4.78, 5) is 23.4. The maximum absolute atomic E-state index is 11.9. The third-order valence-corrected chi connectivity index (χ3v) is 4.54. The second-order valence-corrected chi connectivity index (χ2v) is 6.16. The second-order valence-electron chi connectivity index (χ2n) is 6.16. The van der Waals surface area contributed by atoms with Crippen LogP contribution in [0.5, 0.6) is 0 Å². The molecular formula is C15H25NO5. The highest BCUT2D eigenvalue weighted by Gasteiger charge is 2.40. The molecule has 0 aromatic carbocycles. The van der Waals surface area contributed by atoms with Crippen LogP contribution in [0.1, 0.15) is 45.4 Å². The van der Waals surface area contributed by atoms with Crippen LogP contribution < -0.4 is 5.32 Å². The summed E-state index contributed by atoms with van der Waals surface area (Å²) in [6.07, 6.45) is 4.51. The maximum atomic E-state index is 11.9. The Kier molecular flexibility index (Phi) is 5.58. The molecule has 1 amide bonds. The van der Waals surface area contributed by atoms with Crippen LogP contribution in [0, 0.1) is 5.41 Å².